The summed E-state index contributed by atoms with van der Waals surface area (Å²) in [6, 6.07) is 8.73. The predicted octanol–water partition coefficient (Wildman–Crippen LogP) is 2.16. The van der Waals surface area contributed by atoms with E-state index >= 15 is 0 Å². The van der Waals surface area contributed by atoms with Crippen molar-refractivity contribution in [3.63, 3.8) is 0 Å². The fraction of sp³-hybridized carbons (Fsp3) is 0.273. The number of aliphatic hydroxyl groups is 1. The summed E-state index contributed by atoms with van der Waals surface area (Å²) in [7, 11) is 0. The maximum absolute atomic E-state index is 11.7. The summed E-state index contributed by atoms with van der Waals surface area (Å²) in [5.41, 5.74) is 0.751. The second-order valence-corrected chi connectivity index (χ2v) is 2.97. The number of alkyl halides is 3. The Bertz CT molecular complexity index is 359. The molecule has 1 unspecified atom stereocenters. The molecule has 0 aliphatic heterocycles. The van der Waals surface area contributed by atoms with Gasteiger partial charge in [-0.05, 0) is 5.56 Å². The first kappa shape index (κ1) is 11.6. The van der Waals surface area contributed by atoms with Crippen LogP contribution in [0.15, 0.2) is 30.3 Å². The van der Waals surface area contributed by atoms with Crippen molar-refractivity contribution < 1.29 is 18.3 Å². The summed E-state index contributed by atoms with van der Waals surface area (Å²) in [6.45, 7) is 0. The van der Waals surface area contributed by atoms with Crippen molar-refractivity contribution in [1.82, 2.24) is 0 Å². The minimum absolute atomic E-state index is 0.101. The van der Waals surface area contributed by atoms with Crippen LogP contribution in [0.5, 0.6) is 0 Å². The Kier molecular flexibility index (Phi) is 3.75. The monoisotopic (exact) mass is 214 g/mol. The van der Waals surface area contributed by atoms with E-state index in [0.717, 1.165) is 11.5 Å². The highest BCUT2D eigenvalue weighted by atomic mass is 19.4. The highest BCUT2D eigenvalue weighted by Crippen LogP contribution is 2.12. The molecular weight excluding hydrogens is 205 g/mol. The molecule has 4 heteroatoms. The van der Waals surface area contributed by atoms with E-state index in [-0.39, 0.29) is 6.42 Å². The van der Waals surface area contributed by atoms with Crippen molar-refractivity contribution in [2.45, 2.75) is 18.7 Å². The normalized spacial score (nSPS) is 12.8. The highest BCUT2D eigenvalue weighted by Gasteiger charge is 2.23. The molecule has 1 aromatic rings. The van der Waals surface area contributed by atoms with Gasteiger partial charge in [-0.3, -0.25) is 0 Å². The maximum Gasteiger partial charge on any atom is 0.457 e. The zero-order valence-corrected chi connectivity index (χ0v) is 7.75. The molecule has 0 fully saturated rings. The van der Waals surface area contributed by atoms with Crippen molar-refractivity contribution in [2.24, 2.45) is 0 Å². The van der Waals surface area contributed by atoms with Gasteiger partial charge in [-0.1, -0.05) is 36.3 Å². The van der Waals surface area contributed by atoms with Gasteiger partial charge < -0.3 is 5.11 Å². The lowest BCUT2D eigenvalue weighted by Gasteiger charge is -2.03. The van der Waals surface area contributed by atoms with Gasteiger partial charge >= 0.3 is 6.18 Å². The van der Waals surface area contributed by atoms with Crippen LogP contribution in [0.2, 0.25) is 0 Å². The first-order chi connectivity index (χ1) is 6.97. The molecule has 1 atom stereocenters. The molecule has 0 radical (unpaired) electrons. The third kappa shape index (κ3) is 5.08. The Morgan fingerprint density at radius 3 is 2.33 bits per heavy atom. The molecule has 1 N–H and O–H groups in total. The third-order valence-electron chi connectivity index (χ3n) is 1.65. The van der Waals surface area contributed by atoms with E-state index in [1.54, 1.807) is 36.3 Å². The Hall–Kier alpha value is -1.47. The van der Waals surface area contributed by atoms with Crippen molar-refractivity contribution in [3.05, 3.63) is 35.9 Å². The quantitative estimate of drug-likeness (QED) is 0.748. The largest absolute Gasteiger partial charge is 0.457 e. The smallest absolute Gasteiger partial charge is 0.380 e. The topological polar surface area (TPSA) is 20.2 Å². The Balaban J connectivity index is 2.56. The van der Waals surface area contributed by atoms with Gasteiger partial charge in [0, 0.05) is 12.3 Å². The number of benzene rings is 1. The first-order valence-electron chi connectivity index (χ1n) is 4.29. The van der Waals surface area contributed by atoms with Crippen molar-refractivity contribution >= 4 is 0 Å². The number of aliphatic hydroxyl groups excluding tert-OH is 1. The number of halogens is 3. The molecule has 0 heterocycles. The molecule has 1 nitrogen and oxygen atoms in total. The minimum Gasteiger partial charge on any atom is -0.380 e. The fourth-order valence-electron chi connectivity index (χ4n) is 1.05. The van der Waals surface area contributed by atoms with E-state index in [9.17, 15) is 18.3 Å². The van der Waals surface area contributed by atoms with Crippen LogP contribution in [0.3, 0.4) is 0 Å². The van der Waals surface area contributed by atoms with E-state index in [0.29, 0.717) is 0 Å². The molecule has 0 saturated carbocycles. The summed E-state index contributed by atoms with van der Waals surface area (Å²) in [6.07, 6.45) is -5.73. The predicted molar refractivity (Wildman–Crippen MR) is 50.0 cm³/mol. The summed E-state index contributed by atoms with van der Waals surface area (Å²) < 4.78 is 35.0. The second kappa shape index (κ2) is 4.85. The van der Waals surface area contributed by atoms with Crippen LogP contribution in [0.25, 0.3) is 0 Å². The van der Waals surface area contributed by atoms with E-state index in [1.165, 1.54) is 0 Å². The Morgan fingerprint density at radius 2 is 1.80 bits per heavy atom. The van der Waals surface area contributed by atoms with Gasteiger partial charge in [-0.15, -0.1) is 0 Å². The number of rotatable bonds is 2. The van der Waals surface area contributed by atoms with E-state index in [2.05, 4.69) is 0 Å². The first-order valence-corrected chi connectivity index (χ1v) is 4.29. The molecule has 15 heavy (non-hydrogen) atoms. The lowest BCUT2D eigenvalue weighted by Crippen LogP contribution is -2.10. The van der Waals surface area contributed by atoms with Crippen LogP contribution in [0.4, 0.5) is 13.2 Å². The third-order valence-corrected chi connectivity index (χ3v) is 1.65. The summed E-state index contributed by atoms with van der Waals surface area (Å²) in [4.78, 5) is 0. The van der Waals surface area contributed by atoms with Gasteiger partial charge in [-0.25, -0.2) is 0 Å². The summed E-state index contributed by atoms with van der Waals surface area (Å²) in [5.74, 6) is 2.79. The molecule has 0 bridgehead atoms. The molecule has 0 amide bonds. The van der Waals surface area contributed by atoms with Gasteiger partial charge in [0.2, 0.25) is 0 Å². The Morgan fingerprint density at radius 1 is 1.20 bits per heavy atom. The van der Waals surface area contributed by atoms with Crippen LogP contribution >= 0.6 is 0 Å². The highest BCUT2D eigenvalue weighted by molar-refractivity contribution is 5.19. The van der Waals surface area contributed by atoms with Crippen LogP contribution in [0.1, 0.15) is 5.56 Å². The van der Waals surface area contributed by atoms with Crippen LogP contribution in [-0.4, -0.2) is 17.4 Å². The van der Waals surface area contributed by atoms with Gasteiger partial charge in [-0.2, -0.15) is 13.2 Å². The molecular formula is C11H9F3O. The zero-order valence-electron chi connectivity index (χ0n) is 7.75. The van der Waals surface area contributed by atoms with E-state index in [1.807, 2.05) is 0 Å². The number of hydrogen-bond donors (Lipinski definition) is 1. The molecule has 0 spiro atoms. The Labute approximate surface area is 85.5 Å². The average Bonchev–Trinajstić information content (AvgIpc) is 2.15. The average molecular weight is 214 g/mol. The minimum atomic E-state index is -4.54. The lowest BCUT2D eigenvalue weighted by molar-refractivity contribution is -0.0700. The molecule has 80 valence electrons. The van der Waals surface area contributed by atoms with Crippen LogP contribution in [-0.2, 0) is 6.42 Å². The second-order valence-electron chi connectivity index (χ2n) is 2.97. The van der Waals surface area contributed by atoms with Crippen LogP contribution < -0.4 is 0 Å². The van der Waals surface area contributed by atoms with Crippen molar-refractivity contribution in [1.29, 1.82) is 0 Å². The van der Waals surface area contributed by atoms with Gasteiger partial charge in [0.25, 0.3) is 0 Å². The molecule has 0 saturated heterocycles. The lowest BCUT2D eigenvalue weighted by atomic mass is 10.1. The van der Waals surface area contributed by atoms with Crippen molar-refractivity contribution in [2.75, 3.05) is 0 Å². The summed E-state index contributed by atoms with van der Waals surface area (Å²) >= 11 is 0. The molecule has 0 aliphatic rings. The van der Waals surface area contributed by atoms with E-state index in [4.69, 9.17) is 0 Å². The fourth-order valence-corrected chi connectivity index (χ4v) is 1.05. The molecule has 0 aliphatic carbocycles. The van der Waals surface area contributed by atoms with Gasteiger partial charge in [0.05, 0.1) is 0 Å². The molecule has 1 rings (SSSR count). The summed E-state index contributed by atoms with van der Waals surface area (Å²) in [5, 5.41) is 9.19. The van der Waals surface area contributed by atoms with E-state index < -0.39 is 12.3 Å². The zero-order chi connectivity index (χ0) is 11.3. The van der Waals surface area contributed by atoms with Gasteiger partial charge in [0.1, 0.15) is 6.10 Å². The van der Waals surface area contributed by atoms with Gasteiger partial charge in [0.15, 0.2) is 0 Å². The number of hydrogen-bond acceptors (Lipinski definition) is 1. The standard InChI is InChI=1S/C11H9F3O/c12-11(13,14)7-6-10(15)8-9-4-2-1-3-5-9/h1-5,10,15H,8H2. The molecule has 0 aromatic heterocycles. The molecule has 1 aromatic carbocycles. The maximum atomic E-state index is 11.7. The van der Waals surface area contributed by atoms with Crippen LogP contribution in [0, 0.1) is 11.8 Å². The van der Waals surface area contributed by atoms with Crippen molar-refractivity contribution in [3.8, 4) is 11.8 Å². The SMILES string of the molecule is OC(C#CC(F)(F)F)Cc1ccccc1.